The molecule has 3 heterocycles. The Labute approximate surface area is 175 Å². The van der Waals surface area contributed by atoms with Crippen LogP contribution in [0.5, 0.6) is 11.8 Å². The van der Waals surface area contributed by atoms with Gasteiger partial charge in [0.2, 0.25) is 11.8 Å². The predicted molar refractivity (Wildman–Crippen MR) is 99.3 cm³/mol. The van der Waals surface area contributed by atoms with Crippen molar-refractivity contribution in [3.63, 3.8) is 0 Å². The number of fused-ring (bicyclic) bond motifs is 5. The van der Waals surface area contributed by atoms with Gasteiger partial charge in [-0.3, -0.25) is 9.36 Å². The lowest BCUT2D eigenvalue weighted by atomic mass is 9.72. The Morgan fingerprint density at radius 1 is 1.32 bits per heavy atom. The van der Waals surface area contributed by atoms with E-state index in [4.69, 9.17) is 14.7 Å². The molecule has 0 aliphatic carbocycles. The molecule has 2 aliphatic heterocycles. The number of alkyl halides is 3. The van der Waals surface area contributed by atoms with Crippen molar-refractivity contribution >= 4 is 5.97 Å². The van der Waals surface area contributed by atoms with Crippen LogP contribution < -0.4 is 0 Å². The van der Waals surface area contributed by atoms with Gasteiger partial charge < -0.3 is 19.7 Å². The van der Waals surface area contributed by atoms with E-state index in [2.05, 4.69) is 0 Å². The smallest absolute Gasteiger partial charge is 0.417 e. The van der Waals surface area contributed by atoms with Crippen LogP contribution in [0, 0.1) is 17.2 Å². The molecule has 0 amide bonds. The first-order chi connectivity index (χ1) is 14.4. The van der Waals surface area contributed by atoms with Gasteiger partial charge >= 0.3 is 12.1 Å². The summed E-state index contributed by atoms with van der Waals surface area (Å²) in [6.07, 6.45) is -4.63. The highest BCUT2D eigenvalue weighted by molar-refractivity contribution is 5.78. The molecule has 1 aromatic carbocycles. The first kappa shape index (κ1) is 21.1. The summed E-state index contributed by atoms with van der Waals surface area (Å²) in [7, 11) is 0. The Kier molecular flexibility index (Phi) is 4.35. The third-order valence-electron chi connectivity index (χ3n) is 6.10. The highest BCUT2D eigenvalue weighted by Gasteiger charge is 2.66. The van der Waals surface area contributed by atoms with Gasteiger partial charge in [-0.1, -0.05) is 0 Å². The molecule has 0 spiro atoms. The van der Waals surface area contributed by atoms with E-state index < -0.39 is 52.2 Å². The van der Waals surface area contributed by atoms with Gasteiger partial charge in [0, 0.05) is 0 Å². The summed E-state index contributed by atoms with van der Waals surface area (Å²) in [6, 6.07) is 4.34. The van der Waals surface area contributed by atoms with Crippen LogP contribution in [0.1, 0.15) is 49.4 Å². The van der Waals surface area contributed by atoms with Crippen molar-refractivity contribution in [2.75, 3.05) is 6.61 Å². The molecule has 2 aromatic rings. The van der Waals surface area contributed by atoms with Crippen LogP contribution >= 0.6 is 0 Å². The van der Waals surface area contributed by atoms with Crippen molar-refractivity contribution in [1.82, 2.24) is 4.57 Å². The number of benzene rings is 1. The summed E-state index contributed by atoms with van der Waals surface area (Å²) in [5.74, 6) is -2.31. The number of esters is 1. The number of nitriles is 1. The molecule has 7 nitrogen and oxygen atoms in total. The summed E-state index contributed by atoms with van der Waals surface area (Å²) in [5.41, 5.74) is -4.09. The average molecular weight is 436 g/mol. The zero-order chi connectivity index (χ0) is 22.9. The largest absolute Gasteiger partial charge is 0.494 e. The Morgan fingerprint density at radius 3 is 2.55 bits per heavy atom. The lowest BCUT2D eigenvalue weighted by Crippen LogP contribution is -2.35. The first-order valence-electron chi connectivity index (χ1n) is 9.55. The van der Waals surface area contributed by atoms with Gasteiger partial charge in [-0.2, -0.15) is 18.4 Å². The van der Waals surface area contributed by atoms with Gasteiger partial charge in [0.1, 0.15) is 5.60 Å². The van der Waals surface area contributed by atoms with E-state index in [-0.39, 0.29) is 29.8 Å². The summed E-state index contributed by atoms with van der Waals surface area (Å²) in [5, 5.41) is 30.9. The fraction of sp³-hybridized carbons (Fsp3) is 0.429. The third-order valence-corrected chi connectivity index (χ3v) is 6.10. The molecule has 1 fully saturated rings. The lowest BCUT2D eigenvalue weighted by Gasteiger charge is -2.27. The number of aromatic nitrogens is 1. The minimum atomic E-state index is -4.81. The summed E-state index contributed by atoms with van der Waals surface area (Å²) in [6.45, 7) is 5.03. The van der Waals surface area contributed by atoms with Crippen LogP contribution in [0.2, 0.25) is 0 Å². The number of nitrogens with zero attached hydrogens (tertiary/aromatic N) is 2. The Hall–Kier alpha value is -3.19. The van der Waals surface area contributed by atoms with Gasteiger partial charge in [-0.25, -0.2) is 0 Å². The number of aromatic hydroxyl groups is 2. The highest BCUT2D eigenvalue weighted by Crippen LogP contribution is 2.66. The maximum absolute atomic E-state index is 13.4. The monoisotopic (exact) mass is 436 g/mol. The summed E-state index contributed by atoms with van der Waals surface area (Å²) < 4.78 is 52.3. The topological polar surface area (TPSA) is 105 Å². The van der Waals surface area contributed by atoms with Crippen LogP contribution in [0.3, 0.4) is 0 Å². The van der Waals surface area contributed by atoms with E-state index in [1.807, 2.05) is 0 Å². The third kappa shape index (κ3) is 2.73. The molecule has 0 radical (unpaired) electrons. The van der Waals surface area contributed by atoms with Gasteiger partial charge in [0.05, 0.1) is 52.1 Å². The minimum absolute atomic E-state index is 0.134. The van der Waals surface area contributed by atoms with Crippen molar-refractivity contribution in [3.05, 3.63) is 40.5 Å². The molecule has 2 bridgehead atoms. The fourth-order valence-corrected chi connectivity index (χ4v) is 4.86. The predicted octanol–water partition coefficient (Wildman–Crippen LogP) is 3.82. The van der Waals surface area contributed by atoms with Crippen molar-refractivity contribution in [2.45, 2.75) is 44.6 Å². The average Bonchev–Trinajstić information content (AvgIpc) is 3.22. The molecule has 4 rings (SSSR count). The molecule has 31 heavy (non-hydrogen) atoms. The molecule has 10 heteroatoms. The number of rotatable bonds is 3. The molecule has 164 valence electrons. The van der Waals surface area contributed by atoms with Crippen LogP contribution in [-0.4, -0.2) is 27.4 Å². The van der Waals surface area contributed by atoms with Gasteiger partial charge in [-0.15, -0.1) is 0 Å². The summed E-state index contributed by atoms with van der Waals surface area (Å²) >= 11 is 0. The van der Waals surface area contributed by atoms with E-state index in [9.17, 15) is 28.2 Å². The van der Waals surface area contributed by atoms with Gasteiger partial charge in [0.25, 0.3) is 0 Å². The number of ether oxygens (including phenoxy) is 2. The number of carbonyl (C=O) groups is 1. The molecule has 0 saturated carbocycles. The van der Waals surface area contributed by atoms with E-state index in [0.29, 0.717) is 6.07 Å². The Balaban J connectivity index is 1.91. The van der Waals surface area contributed by atoms with Crippen LogP contribution in [0.4, 0.5) is 13.2 Å². The van der Waals surface area contributed by atoms with Crippen LogP contribution in [0.25, 0.3) is 5.69 Å². The van der Waals surface area contributed by atoms with E-state index in [0.717, 1.165) is 10.6 Å². The van der Waals surface area contributed by atoms with Crippen molar-refractivity contribution in [3.8, 4) is 23.5 Å². The quantitative estimate of drug-likeness (QED) is 0.709. The second kappa shape index (κ2) is 6.40. The Bertz CT molecular complexity index is 1150. The maximum atomic E-state index is 13.4. The molecule has 1 aromatic heterocycles. The summed E-state index contributed by atoms with van der Waals surface area (Å²) in [4.78, 5) is 12.5. The van der Waals surface area contributed by atoms with Crippen LogP contribution in [0.15, 0.2) is 18.2 Å². The zero-order valence-corrected chi connectivity index (χ0v) is 16.9. The molecular weight excluding hydrogens is 417 g/mol. The normalized spacial score (nSPS) is 26.5. The Morgan fingerprint density at radius 2 is 1.97 bits per heavy atom. The number of carbonyl (C=O) groups excluding carboxylic acids is 1. The number of hydrogen-bond acceptors (Lipinski definition) is 6. The van der Waals surface area contributed by atoms with Crippen LogP contribution in [-0.2, 0) is 31.6 Å². The standard InChI is InChI=1S/C21H19F3N2O5/c1-4-30-18(29)13-8-19(2)14-15(20(13,3)31-19)17(28)26(16(14)27)11-6-5-10(9-25)12(7-11)21(22,23)24/h5-7,13,27-28H,4,8H2,1-3H3/t13-,19-,20+/m0/s1. The molecular formula is C21H19F3N2O5. The van der Waals surface area contributed by atoms with E-state index in [1.54, 1.807) is 20.8 Å². The second-order valence-electron chi connectivity index (χ2n) is 8.02. The molecule has 2 N–H and O–H groups in total. The second-order valence-corrected chi connectivity index (χ2v) is 8.02. The number of hydrogen-bond donors (Lipinski definition) is 2. The maximum Gasteiger partial charge on any atom is 0.417 e. The first-order valence-corrected chi connectivity index (χ1v) is 9.55. The zero-order valence-electron chi connectivity index (χ0n) is 16.9. The SMILES string of the molecule is CCOC(=O)[C@@H]1C[C@]2(C)O[C@@]1(C)c1c2c(O)n(-c2ccc(C#N)c(C(F)(F)F)c2)c1O. The highest BCUT2D eigenvalue weighted by atomic mass is 19.4. The fourth-order valence-electron chi connectivity index (χ4n) is 4.86. The van der Waals surface area contributed by atoms with E-state index in [1.165, 1.54) is 12.1 Å². The van der Waals surface area contributed by atoms with Crippen molar-refractivity contribution < 1.29 is 37.7 Å². The van der Waals surface area contributed by atoms with Crippen molar-refractivity contribution in [1.29, 1.82) is 5.26 Å². The lowest BCUT2D eigenvalue weighted by molar-refractivity contribution is -0.155. The van der Waals surface area contributed by atoms with Gasteiger partial charge in [-0.05, 0) is 45.4 Å². The number of halogens is 3. The molecule has 0 unspecified atom stereocenters. The van der Waals surface area contributed by atoms with Gasteiger partial charge in [0.15, 0.2) is 0 Å². The molecule has 2 aliphatic rings. The molecule has 3 atom stereocenters. The van der Waals surface area contributed by atoms with Crippen molar-refractivity contribution in [2.24, 2.45) is 5.92 Å². The molecule has 1 saturated heterocycles. The minimum Gasteiger partial charge on any atom is -0.494 e. The van der Waals surface area contributed by atoms with E-state index >= 15 is 0 Å².